The molecule has 0 aliphatic carbocycles. The first-order chi connectivity index (χ1) is 2.94. The van der Waals surface area contributed by atoms with Crippen molar-refractivity contribution >= 4 is 0 Å². The average molecular weight is 101 g/mol. The lowest BCUT2D eigenvalue weighted by molar-refractivity contribution is 0.373. The maximum absolute atomic E-state index is 5.68. The molecule has 0 fully saturated rings. The van der Waals surface area contributed by atoms with Crippen LogP contribution in [0.5, 0.6) is 0 Å². The second-order valence-corrected chi connectivity index (χ2v) is 2.98. The summed E-state index contributed by atoms with van der Waals surface area (Å²) < 4.78 is 0. The van der Waals surface area contributed by atoms with Crippen molar-refractivity contribution < 1.29 is 0 Å². The molecule has 0 heterocycles. The Morgan fingerprint density at radius 1 is 1.29 bits per heavy atom. The normalized spacial score (nSPS) is 12.9. The molecule has 0 bridgehead atoms. The molecule has 0 rings (SSSR count). The van der Waals surface area contributed by atoms with Gasteiger partial charge in [0.1, 0.15) is 0 Å². The Hall–Kier alpha value is -0.0400. The van der Waals surface area contributed by atoms with E-state index < -0.39 is 0 Å². The summed E-state index contributed by atoms with van der Waals surface area (Å²) in [6.07, 6.45) is 0. The number of hydrogen-bond donors (Lipinski definition) is 1. The monoisotopic (exact) mass is 101 g/mol. The van der Waals surface area contributed by atoms with Crippen LogP contribution in [0.25, 0.3) is 0 Å². The van der Waals surface area contributed by atoms with Crippen molar-refractivity contribution in [2.45, 2.75) is 33.2 Å². The zero-order chi connectivity index (χ0) is 6.08. The molecule has 0 aliphatic rings. The van der Waals surface area contributed by atoms with Crippen molar-refractivity contribution in [3.8, 4) is 0 Å². The standard InChI is InChI=1S/C6H15N/c1-5(2)6(3,4)7/h5H,7H2,1-4H3. The highest BCUT2D eigenvalue weighted by molar-refractivity contribution is 4.74. The summed E-state index contributed by atoms with van der Waals surface area (Å²) in [7, 11) is 0. The maximum atomic E-state index is 5.68. The Morgan fingerprint density at radius 3 is 1.43 bits per heavy atom. The summed E-state index contributed by atoms with van der Waals surface area (Å²) in [5.74, 6) is 0.576. The Labute approximate surface area is 45.9 Å². The van der Waals surface area contributed by atoms with Gasteiger partial charge in [-0.2, -0.15) is 0 Å². The third-order valence-electron chi connectivity index (χ3n) is 1.49. The Balaban J connectivity index is 3.54. The van der Waals surface area contributed by atoms with Crippen LogP contribution in [0.4, 0.5) is 0 Å². The van der Waals surface area contributed by atoms with Gasteiger partial charge in [-0.3, -0.25) is 0 Å². The van der Waals surface area contributed by atoms with E-state index >= 15 is 0 Å². The topological polar surface area (TPSA) is 26.0 Å². The third kappa shape index (κ3) is 2.63. The average Bonchev–Trinajstić information content (AvgIpc) is 1.31. The van der Waals surface area contributed by atoms with Gasteiger partial charge in [-0.05, 0) is 19.8 Å². The van der Waals surface area contributed by atoms with Crippen LogP contribution in [0.15, 0.2) is 0 Å². The Morgan fingerprint density at radius 2 is 1.43 bits per heavy atom. The molecule has 0 aromatic carbocycles. The molecule has 2 N–H and O–H groups in total. The van der Waals surface area contributed by atoms with E-state index in [1.807, 2.05) is 13.8 Å². The van der Waals surface area contributed by atoms with Crippen molar-refractivity contribution in [3.63, 3.8) is 0 Å². The zero-order valence-corrected chi connectivity index (χ0v) is 5.65. The molecular formula is C6H15N. The molecule has 0 saturated heterocycles. The smallest absolute Gasteiger partial charge is 0.0120 e. The van der Waals surface area contributed by atoms with Gasteiger partial charge < -0.3 is 5.73 Å². The molecule has 0 aromatic rings. The first-order valence-corrected chi connectivity index (χ1v) is 2.73. The fourth-order valence-corrected chi connectivity index (χ4v) is 0. The van der Waals surface area contributed by atoms with Crippen LogP contribution in [0, 0.1) is 5.92 Å². The van der Waals surface area contributed by atoms with Crippen molar-refractivity contribution in [2.24, 2.45) is 11.7 Å². The van der Waals surface area contributed by atoms with Gasteiger partial charge in [-0.1, -0.05) is 13.8 Å². The first-order valence-electron chi connectivity index (χ1n) is 2.73. The van der Waals surface area contributed by atoms with Gasteiger partial charge in [-0.15, -0.1) is 0 Å². The highest BCUT2D eigenvalue weighted by atomic mass is 14.7. The van der Waals surface area contributed by atoms with Gasteiger partial charge in [0.25, 0.3) is 0 Å². The Bertz CT molecular complexity index is 49.7. The lowest BCUT2D eigenvalue weighted by Crippen LogP contribution is -2.37. The lowest BCUT2D eigenvalue weighted by atomic mass is 9.92. The van der Waals surface area contributed by atoms with E-state index in [0.717, 1.165) is 0 Å². The van der Waals surface area contributed by atoms with Crippen molar-refractivity contribution in [2.75, 3.05) is 0 Å². The van der Waals surface area contributed by atoms with Crippen molar-refractivity contribution in [1.82, 2.24) is 0 Å². The highest BCUT2D eigenvalue weighted by Crippen LogP contribution is 2.09. The molecule has 0 unspecified atom stereocenters. The number of rotatable bonds is 1. The van der Waals surface area contributed by atoms with Crippen LogP contribution in [-0.2, 0) is 0 Å². The van der Waals surface area contributed by atoms with Gasteiger partial charge in [0.05, 0.1) is 0 Å². The molecular weight excluding hydrogens is 86.1 g/mol. The molecule has 0 aromatic heterocycles. The van der Waals surface area contributed by atoms with E-state index in [4.69, 9.17) is 5.73 Å². The summed E-state index contributed by atoms with van der Waals surface area (Å²) in [6.45, 7) is 8.33. The molecule has 1 nitrogen and oxygen atoms in total. The van der Waals surface area contributed by atoms with Gasteiger partial charge >= 0.3 is 0 Å². The highest BCUT2D eigenvalue weighted by Gasteiger charge is 2.14. The maximum Gasteiger partial charge on any atom is 0.0120 e. The summed E-state index contributed by atoms with van der Waals surface area (Å²) in [6, 6.07) is 0. The fraction of sp³-hybridized carbons (Fsp3) is 1.00. The third-order valence-corrected chi connectivity index (χ3v) is 1.49. The van der Waals surface area contributed by atoms with Crippen LogP contribution >= 0.6 is 0 Å². The summed E-state index contributed by atoms with van der Waals surface area (Å²) in [4.78, 5) is 0. The van der Waals surface area contributed by atoms with E-state index in [-0.39, 0.29) is 5.54 Å². The minimum absolute atomic E-state index is 0. The molecule has 1 heteroatoms. The quantitative estimate of drug-likeness (QED) is 0.530. The predicted molar refractivity (Wildman–Crippen MR) is 33.1 cm³/mol. The Kier molecular flexibility index (Phi) is 1.82. The van der Waals surface area contributed by atoms with Crippen LogP contribution in [0.3, 0.4) is 0 Å². The first kappa shape index (κ1) is 6.96. The van der Waals surface area contributed by atoms with Crippen LogP contribution < -0.4 is 5.73 Å². The lowest BCUT2D eigenvalue weighted by Gasteiger charge is -2.22. The molecule has 0 radical (unpaired) electrons. The molecule has 0 amide bonds. The molecule has 0 atom stereocenters. The van der Waals surface area contributed by atoms with Crippen molar-refractivity contribution in [3.05, 3.63) is 0 Å². The predicted octanol–water partition coefficient (Wildman–Crippen LogP) is 1.38. The summed E-state index contributed by atoms with van der Waals surface area (Å²) >= 11 is 0. The van der Waals surface area contributed by atoms with Gasteiger partial charge in [-0.25, -0.2) is 0 Å². The van der Waals surface area contributed by atoms with E-state index in [0.29, 0.717) is 5.92 Å². The van der Waals surface area contributed by atoms with E-state index in [1.165, 1.54) is 0 Å². The number of hydrogen-bond acceptors (Lipinski definition) is 1. The van der Waals surface area contributed by atoms with Gasteiger partial charge in [0, 0.05) is 5.54 Å². The van der Waals surface area contributed by atoms with E-state index in [1.54, 1.807) is 0 Å². The van der Waals surface area contributed by atoms with Gasteiger partial charge in [0.2, 0.25) is 0 Å². The second-order valence-electron chi connectivity index (χ2n) is 2.98. The molecule has 44 valence electrons. The van der Waals surface area contributed by atoms with Gasteiger partial charge in [0.15, 0.2) is 0 Å². The van der Waals surface area contributed by atoms with Crippen LogP contribution in [-0.4, -0.2) is 5.54 Å². The van der Waals surface area contributed by atoms with Crippen molar-refractivity contribution in [1.29, 1.82) is 0 Å². The van der Waals surface area contributed by atoms with Crippen LogP contribution in [0.2, 0.25) is 0 Å². The minimum atomic E-state index is 0. The van der Waals surface area contributed by atoms with Crippen LogP contribution in [0.1, 0.15) is 27.7 Å². The molecule has 7 heavy (non-hydrogen) atoms. The summed E-state index contributed by atoms with van der Waals surface area (Å²) in [5, 5.41) is 0. The fourth-order valence-electron chi connectivity index (χ4n) is 0. The number of nitrogens with two attached hydrogens (primary N) is 1. The minimum Gasteiger partial charge on any atom is -0.325 e. The largest absolute Gasteiger partial charge is 0.325 e. The molecule has 0 spiro atoms. The summed E-state index contributed by atoms with van der Waals surface area (Å²) in [5.41, 5.74) is 5.68. The molecule has 0 saturated carbocycles. The second kappa shape index (κ2) is 1.83. The SMILES string of the molecule is CC(C)C(C)(C)N. The zero-order valence-electron chi connectivity index (χ0n) is 5.65. The van der Waals surface area contributed by atoms with E-state index in [9.17, 15) is 0 Å². The molecule has 0 aliphatic heterocycles. The van der Waals surface area contributed by atoms with E-state index in [2.05, 4.69) is 13.8 Å².